The highest BCUT2D eigenvalue weighted by molar-refractivity contribution is 7.98. The second-order valence-electron chi connectivity index (χ2n) is 3.75. The van der Waals surface area contributed by atoms with Gasteiger partial charge in [0.1, 0.15) is 18.2 Å². The Morgan fingerprint density at radius 1 is 1.25 bits per heavy atom. The van der Waals surface area contributed by atoms with Gasteiger partial charge < -0.3 is 15.4 Å². The Balaban J connectivity index is 2.44. The summed E-state index contributed by atoms with van der Waals surface area (Å²) in [6.07, 6.45) is -2.44. The third-order valence-corrected chi connectivity index (χ3v) is 2.61. The minimum absolute atomic E-state index is 0.0470. The third kappa shape index (κ3) is 6.80. The summed E-state index contributed by atoms with van der Waals surface area (Å²) in [5.74, 6) is 1.22. The Kier molecular flexibility index (Phi) is 6.86. The van der Waals surface area contributed by atoms with E-state index in [0.29, 0.717) is 16.8 Å². The maximum absolute atomic E-state index is 11.9. The van der Waals surface area contributed by atoms with E-state index in [-0.39, 0.29) is 13.2 Å². The minimum Gasteiger partial charge on any atom is -0.370 e. The van der Waals surface area contributed by atoms with E-state index in [1.54, 1.807) is 6.07 Å². The summed E-state index contributed by atoms with van der Waals surface area (Å²) in [5.41, 5.74) is 0. The Hall–Kier alpha value is -1.22. The summed E-state index contributed by atoms with van der Waals surface area (Å²) in [5, 5.41) is 6.55. The van der Waals surface area contributed by atoms with Gasteiger partial charge in [-0.3, -0.25) is 0 Å². The van der Waals surface area contributed by atoms with Crippen LogP contribution in [0.5, 0.6) is 0 Å². The molecule has 0 unspecified atom stereocenters. The van der Waals surface area contributed by atoms with Crippen LogP contribution in [0.15, 0.2) is 11.2 Å². The van der Waals surface area contributed by atoms with Gasteiger partial charge in [0, 0.05) is 19.2 Å². The fourth-order valence-corrected chi connectivity index (χ4v) is 1.70. The van der Waals surface area contributed by atoms with Crippen molar-refractivity contribution in [2.24, 2.45) is 0 Å². The molecule has 0 spiro atoms. The number of nitrogens with one attached hydrogen (secondary N) is 2. The second-order valence-corrected chi connectivity index (χ2v) is 4.52. The zero-order chi connectivity index (χ0) is 15.0. The van der Waals surface area contributed by atoms with Gasteiger partial charge in [0.25, 0.3) is 0 Å². The maximum atomic E-state index is 11.9. The van der Waals surface area contributed by atoms with Crippen LogP contribution in [-0.4, -0.2) is 48.7 Å². The summed E-state index contributed by atoms with van der Waals surface area (Å²) in [6, 6.07) is 1.70. The van der Waals surface area contributed by atoms with Crippen LogP contribution in [0.25, 0.3) is 0 Å². The van der Waals surface area contributed by atoms with Crippen LogP contribution in [-0.2, 0) is 4.74 Å². The van der Waals surface area contributed by atoms with E-state index in [1.807, 2.05) is 13.2 Å². The SMILES string of the molecule is CCNc1cc(NCCOCC(F)(F)F)nc(SC)n1. The molecular formula is C11H17F3N4OS. The van der Waals surface area contributed by atoms with E-state index in [0.717, 1.165) is 6.54 Å². The summed E-state index contributed by atoms with van der Waals surface area (Å²) in [4.78, 5) is 8.44. The molecule has 1 heterocycles. The van der Waals surface area contributed by atoms with Crippen molar-refractivity contribution in [3.63, 3.8) is 0 Å². The number of hydrogen-bond donors (Lipinski definition) is 2. The Morgan fingerprint density at radius 3 is 2.45 bits per heavy atom. The molecule has 5 nitrogen and oxygen atoms in total. The second kappa shape index (κ2) is 8.15. The van der Waals surface area contributed by atoms with Crippen molar-refractivity contribution in [3.05, 3.63) is 6.07 Å². The van der Waals surface area contributed by atoms with Crippen LogP contribution in [0.1, 0.15) is 6.92 Å². The molecular weight excluding hydrogens is 293 g/mol. The van der Waals surface area contributed by atoms with Gasteiger partial charge in [0.2, 0.25) is 0 Å². The molecule has 0 saturated carbocycles. The van der Waals surface area contributed by atoms with Gasteiger partial charge >= 0.3 is 6.18 Å². The van der Waals surface area contributed by atoms with Crippen LogP contribution < -0.4 is 10.6 Å². The Morgan fingerprint density at radius 2 is 1.90 bits per heavy atom. The van der Waals surface area contributed by atoms with Crippen LogP contribution in [0, 0.1) is 0 Å². The molecule has 2 N–H and O–H groups in total. The molecule has 0 aliphatic carbocycles. The zero-order valence-corrected chi connectivity index (χ0v) is 12.1. The molecule has 20 heavy (non-hydrogen) atoms. The normalized spacial score (nSPS) is 11.4. The fraction of sp³-hybridized carbons (Fsp3) is 0.636. The van der Waals surface area contributed by atoms with Gasteiger partial charge in [-0.15, -0.1) is 0 Å². The van der Waals surface area contributed by atoms with Crippen molar-refractivity contribution in [1.29, 1.82) is 0 Å². The minimum atomic E-state index is -4.29. The lowest BCUT2D eigenvalue weighted by Gasteiger charge is -2.10. The lowest BCUT2D eigenvalue weighted by Crippen LogP contribution is -2.20. The number of thioether (sulfide) groups is 1. The monoisotopic (exact) mass is 310 g/mol. The lowest BCUT2D eigenvalue weighted by atomic mass is 10.5. The van der Waals surface area contributed by atoms with Crippen molar-refractivity contribution < 1.29 is 17.9 Å². The predicted octanol–water partition coefficient (Wildman–Crippen LogP) is 2.62. The van der Waals surface area contributed by atoms with E-state index in [4.69, 9.17) is 0 Å². The topological polar surface area (TPSA) is 59.1 Å². The molecule has 114 valence electrons. The third-order valence-electron chi connectivity index (χ3n) is 2.06. The van der Waals surface area contributed by atoms with Crippen molar-refractivity contribution in [1.82, 2.24) is 9.97 Å². The number of halogens is 3. The predicted molar refractivity (Wildman–Crippen MR) is 73.3 cm³/mol. The Labute approximate surface area is 119 Å². The van der Waals surface area contributed by atoms with Crippen molar-refractivity contribution in [2.45, 2.75) is 18.3 Å². The largest absolute Gasteiger partial charge is 0.411 e. The van der Waals surface area contributed by atoms with Gasteiger partial charge in [-0.1, -0.05) is 11.8 Å². The molecule has 1 aromatic rings. The number of ether oxygens (including phenoxy) is 1. The van der Waals surface area contributed by atoms with Crippen molar-refractivity contribution in [2.75, 3.05) is 43.2 Å². The number of anilines is 2. The molecule has 0 aromatic carbocycles. The van der Waals surface area contributed by atoms with E-state index < -0.39 is 12.8 Å². The van der Waals surface area contributed by atoms with Crippen LogP contribution in [0.4, 0.5) is 24.8 Å². The van der Waals surface area contributed by atoms with Crippen LogP contribution >= 0.6 is 11.8 Å². The number of alkyl halides is 3. The smallest absolute Gasteiger partial charge is 0.370 e. The highest BCUT2D eigenvalue weighted by atomic mass is 32.2. The van der Waals surface area contributed by atoms with E-state index in [2.05, 4.69) is 25.3 Å². The number of hydrogen-bond acceptors (Lipinski definition) is 6. The summed E-state index contributed by atoms with van der Waals surface area (Å²) in [6.45, 7) is 1.62. The van der Waals surface area contributed by atoms with Gasteiger partial charge in [-0.05, 0) is 13.2 Å². The maximum Gasteiger partial charge on any atom is 0.411 e. The molecule has 0 fully saturated rings. The van der Waals surface area contributed by atoms with Gasteiger partial charge in [-0.25, -0.2) is 9.97 Å². The number of nitrogens with zero attached hydrogens (tertiary/aromatic N) is 2. The molecule has 1 rings (SSSR count). The van der Waals surface area contributed by atoms with Crippen molar-refractivity contribution >= 4 is 23.4 Å². The van der Waals surface area contributed by atoms with Gasteiger partial charge in [0.05, 0.1) is 6.61 Å². The lowest BCUT2D eigenvalue weighted by molar-refractivity contribution is -0.172. The number of rotatable bonds is 8. The zero-order valence-electron chi connectivity index (χ0n) is 11.3. The van der Waals surface area contributed by atoms with E-state index in [9.17, 15) is 13.2 Å². The number of aromatic nitrogens is 2. The molecule has 0 bridgehead atoms. The van der Waals surface area contributed by atoms with Gasteiger partial charge in [0.15, 0.2) is 5.16 Å². The molecule has 1 aromatic heterocycles. The van der Waals surface area contributed by atoms with E-state index >= 15 is 0 Å². The summed E-state index contributed by atoms with van der Waals surface area (Å²) < 4.78 is 40.1. The fourth-order valence-electron chi connectivity index (χ4n) is 1.32. The van der Waals surface area contributed by atoms with E-state index in [1.165, 1.54) is 11.8 Å². The Bertz CT molecular complexity index is 417. The standard InChI is InChI=1S/C11H17F3N4OS/c1-3-15-8-6-9(18-10(17-8)20-2)16-4-5-19-7-11(12,13)14/h6H,3-5,7H2,1-2H3,(H2,15,16,17,18). The quantitative estimate of drug-likeness (QED) is 0.437. The summed E-state index contributed by atoms with van der Waals surface area (Å²) in [7, 11) is 0. The first kappa shape index (κ1) is 16.8. The van der Waals surface area contributed by atoms with Crippen LogP contribution in [0.2, 0.25) is 0 Å². The molecule has 0 aliphatic heterocycles. The molecule has 0 aliphatic rings. The molecule has 0 saturated heterocycles. The molecule has 0 atom stereocenters. The first-order chi connectivity index (χ1) is 9.44. The summed E-state index contributed by atoms with van der Waals surface area (Å²) >= 11 is 1.39. The highest BCUT2D eigenvalue weighted by Gasteiger charge is 2.27. The average molecular weight is 310 g/mol. The van der Waals surface area contributed by atoms with Gasteiger partial charge in [-0.2, -0.15) is 13.2 Å². The highest BCUT2D eigenvalue weighted by Crippen LogP contribution is 2.17. The molecule has 0 radical (unpaired) electrons. The molecule has 0 amide bonds. The first-order valence-electron chi connectivity index (χ1n) is 6.00. The van der Waals surface area contributed by atoms with Crippen molar-refractivity contribution in [3.8, 4) is 0 Å². The first-order valence-corrected chi connectivity index (χ1v) is 7.22. The molecule has 9 heteroatoms. The average Bonchev–Trinajstić information content (AvgIpc) is 2.37. The van der Waals surface area contributed by atoms with Crippen LogP contribution in [0.3, 0.4) is 0 Å².